The van der Waals surface area contributed by atoms with Crippen molar-refractivity contribution < 1.29 is 14.1 Å². The minimum absolute atomic E-state index is 0.0103. The Labute approximate surface area is 135 Å². The van der Waals surface area contributed by atoms with Crippen LogP contribution < -0.4 is 9.19 Å². The van der Waals surface area contributed by atoms with E-state index in [9.17, 15) is 9.59 Å². The molecule has 4 rings (SSSR count). The smallest absolute Gasteiger partial charge is 0.320 e. The van der Waals surface area contributed by atoms with Crippen molar-refractivity contribution in [3.8, 4) is 5.75 Å². The molecule has 6 heteroatoms. The monoisotopic (exact) mass is 326 g/mol. The summed E-state index contributed by atoms with van der Waals surface area (Å²) in [6.07, 6.45) is 0.980. The Balaban J connectivity index is 1.73. The molecule has 0 aromatic heterocycles. The molecule has 2 aromatic carbocycles. The summed E-state index contributed by atoms with van der Waals surface area (Å²) in [5.74, 6) is 0.598. The van der Waals surface area contributed by atoms with Crippen molar-refractivity contribution in [3.05, 3.63) is 60.7 Å². The molecule has 2 amide bonds. The molecular formula is C17H15N2O3P. The Morgan fingerprint density at radius 2 is 1.61 bits per heavy atom. The number of fused-ring (bicyclic) bond motifs is 1. The number of carbonyl (C=O) groups is 2. The lowest BCUT2D eigenvalue weighted by atomic mass is 10.2. The van der Waals surface area contributed by atoms with Gasteiger partial charge in [-0.05, 0) is 30.7 Å². The van der Waals surface area contributed by atoms with Gasteiger partial charge >= 0.3 is 8.45 Å². The first-order valence-corrected chi connectivity index (χ1v) is 8.66. The molecule has 2 heterocycles. The molecule has 116 valence electrons. The molecule has 2 atom stereocenters. The molecule has 0 N–H and O–H groups in total. The van der Waals surface area contributed by atoms with Gasteiger partial charge in [0, 0.05) is 6.42 Å². The van der Waals surface area contributed by atoms with Gasteiger partial charge < -0.3 is 4.52 Å². The number of hydrogen-bond donors (Lipinski definition) is 0. The number of amides is 2. The third kappa shape index (κ3) is 2.37. The Morgan fingerprint density at radius 3 is 2.30 bits per heavy atom. The molecule has 2 saturated heterocycles. The molecule has 2 aliphatic heterocycles. The molecule has 0 spiro atoms. The van der Waals surface area contributed by atoms with Crippen molar-refractivity contribution in [2.75, 3.05) is 4.67 Å². The first-order valence-electron chi connectivity index (χ1n) is 7.50. The highest BCUT2D eigenvalue weighted by atomic mass is 31.2. The molecule has 0 unspecified atom stereocenters. The van der Waals surface area contributed by atoms with E-state index in [4.69, 9.17) is 4.52 Å². The van der Waals surface area contributed by atoms with E-state index in [2.05, 4.69) is 0 Å². The zero-order valence-corrected chi connectivity index (χ0v) is 13.2. The van der Waals surface area contributed by atoms with Gasteiger partial charge in [-0.1, -0.05) is 36.4 Å². The number of nitrogens with zero attached hydrogens (tertiary/aromatic N) is 2. The van der Waals surface area contributed by atoms with Gasteiger partial charge in [-0.2, -0.15) is 0 Å². The molecule has 0 bridgehead atoms. The van der Waals surface area contributed by atoms with E-state index >= 15 is 0 Å². The molecule has 0 saturated carbocycles. The fraction of sp³-hybridized carbons (Fsp3) is 0.176. The van der Waals surface area contributed by atoms with Gasteiger partial charge in [-0.25, -0.2) is 4.67 Å². The number of carbonyl (C=O) groups excluding carboxylic acids is 2. The Kier molecular flexibility index (Phi) is 3.50. The lowest BCUT2D eigenvalue weighted by Gasteiger charge is -2.27. The highest BCUT2D eigenvalue weighted by Gasteiger charge is 2.55. The largest absolute Gasteiger partial charge is 0.436 e. The zero-order valence-electron chi connectivity index (χ0n) is 12.3. The normalized spacial score (nSPS) is 23.3. The van der Waals surface area contributed by atoms with Crippen LogP contribution in [0.25, 0.3) is 0 Å². The van der Waals surface area contributed by atoms with Crippen LogP contribution >= 0.6 is 8.45 Å². The number of para-hydroxylation sites is 2. The molecule has 0 aliphatic carbocycles. The highest BCUT2D eigenvalue weighted by Crippen LogP contribution is 2.57. The number of rotatable bonds is 3. The third-order valence-corrected chi connectivity index (χ3v) is 5.98. The van der Waals surface area contributed by atoms with Crippen LogP contribution in [0.4, 0.5) is 5.69 Å². The maximum absolute atomic E-state index is 12.8. The summed E-state index contributed by atoms with van der Waals surface area (Å²) in [4.78, 5) is 25.1. The van der Waals surface area contributed by atoms with Crippen LogP contribution in [-0.2, 0) is 9.59 Å². The van der Waals surface area contributed by atoms with Gasteiger partial charge in [0.15, 0.2) is 0 Å². The number of benzene rings is 2. The van der Waals surface area contributed by atoms with Gasteiger partial charge in [0.25, 0.3) is 5.91 Å². The van der Waals surface area contributed by atoms with Crippen LogP contribution in [0.15, 0.2) is 60.7 Å². The lowest BCUT2D eigenvalue weighted by molar-refractivity contribution is -0.127. The summed E-state index contributed by atoms with van der Waals surface area (Å²) in [6.45, 7) is 0. The molecule has 2 aromatic rings. The van der Waals surface area contributed by atoms with Crippen LogP contribution in [0.1, 0.15) is 12.8 Å². The van der Waals surface area contributed by atoms with Crippen molar-refractivity contribution in [2.45, 2.75) is 18.9 Å². The number of anilines is 1. The topological polar surface area (TPSA) is 49.9 Å². The molecular weight excluding hydrogens is 311 g/mol. The van der Waals surface area contributed by atoms with Crippen molar-refractivity contribution in [1.82, 2.24) is 4.67 Å². The number of hydrogen-bond acceptors (Lipinski definition) is 3. The Bertz CT molecular complexity index is 738. The summed E-state index contributed by atoms with van der Waals surface area (Å²) in [5.41, 5.74) is 0.766. The maximum atomic E-state index is 12.8. The van der Waals surface area contributed by atoms with Crippen molar-refractivity contribution in [2.24, 2.45) is 0 Å². The van der Waals surface area contributed by atoms with Gasteiger partial charge in [0.2, 0.25) is 5.91 Å². The van der Waals surface area contributed by atoms with Crippen molar-refractivity contribution >= 4 is 26.0 Å². The quantitative estimate of drug-likeness (QED) is 0.813. The standard InChI is InChI=1S/C17H15N2O3P/c20-16-12-11-15-17(21)18(13-7-3-1-4-8-13)23(19(15)16)22-14-9-5-2-6-10-14/h1-10,15H,11-12H2/t15-,23+/m0/s1. The van der Waals surface area contributed by atoms with Crippen LogP contribution in [0, 0.1) is 0 Å². The highest BCUT2D eigenvalue weighted by molar-refractivity contribution is 7.55. The fourth-order valence-corrected chi connectivity index (χ4v) is 4.94. The van der Waals surface area contributed by atoms with Crippen molar-refractivity contribution in [3.63, 3.8) is 0 Å². The third-order valence-electron chi connectivity index (χ3n) is 3.96. The second-order valence-corrected chi connectivity index (χ2v) is 6.95. The summed E-state index contributed by atoms with van der Waals surface area (Å²) < 4.78 is 9.35. The van der Waals surface area contributed by atoms with E-state index in [1.54, 1.807) is 9.34 Å². The molecule has 0 radical (unpaired) electrons. The van der Waals surface area contributed by atoms with Crippen LogP contribution in [0.2, 0.25) is 0 Å². The van der Waals surface area contributed by atoms with E-state index in [1.807, 2.05) is 60.7 Å². The molecule has 23 heavy (non-hydrogen) atoms. The predicted molar refractivity (Wildman–Crippen MR) is 87.8 cm³/mol. The van der Waals surface area contributed by atoms with Gasteiger partial charge in [-0.15, -0.1) is 0 Å². The summed E-state index contributed by atoms with van der Waals surface area (Å²) >= 11 is 0. The lowest BCUT2D eigenvalue weighted by Crippen LogP contribution is -2.29. The Hall–Kier alpha value is -2.39. The van der Waals surface area contributed by atoms with Crippen LogP contribution in [0.5, 0.6) is 5.75 Å². The van der Waals surface area contributed by atoms with Crippen LogP contribution in [-0.4, -0.2) is 22.5 Å². The van der Waals surface area contributed by atoms with Gasteiger partial charge in [0.05, 0.1) is 5.69 Å². The molecule has 2 fully saturated rings. The van der Waals surface area contributed by atoms with E-state index in [1.165, 1.54) is 0 Å². The average Bonchev–Trinajstić information content (AvgIpc) is 3.09. The zero-order chi connectivity index (χ0) is 15.8. The molecule has 5 nitrogen and oxygen atoms in total. The second-order valence-electron chi connectivity index (χ2n) is 5.44. The molecule has 2 aliphatic rings. The van der Waals surface area contributed by atoms with E-state index in [-0.39, 0.29) is 11.8 Å². The van der Waals surface area contributed by atoms with Crippen LogP contribution in [0.3, 0.4) is 0 Å². The van der Waals surface area contributed by atoms with Gasteiger partial charge in [-0.3, -0.25) is 14.3 Å². The summed E-state index contributed by atoms with van der Waals surface area (Å²) in [6, 6.07) is 18.3. The fourth-order valence-electron chi connectivity index (χ4n) is 2.89. The second kappa shape index (κ2) is 5.67. The van der Waals surface area contributed by atoms with E-state index in [0.717, 1.165) is 5.69 Å². The van der Waals surface area contributed by atoms with Gasteiger partial charge in [0.1, 0.15) is 11.8 Å². The maximum Gasteiger partial charge on any atom is 0.320 e. The average molecular weight is 326 g/mol. The first-order chi connectivity index (χ1) is 11.3. The SMILES string of the molecule is O=C1[C@@H]2CCC(=O)N2[P@](Oc2ccccc2)N1c1ccccc1. The Morgan fingerprint density at radius 1 is 0.957 bits per heavy atom. The summed E-state index contributed by atoms with van der Waals surface area (Å²) in [5, 5.41) is 0. The predicted octanol–water partition coefficient (Wildman–Crippen LogP) is 3.33. The minimum atomic E-state index is -1.51. The minimum Gasteiger partial charge on any atom is -0.436 e. The first kappa shape index (κ1) is 14.2. The van der Waals surface area contributed by atoms with E-state index < -0.39 is 14.5 Å². The van der Waals surface area contributed by atoms with Crippen molar-refractivity contribution in [1.29, 1.82) is 0 Å². The van der Waals surface area contributed by atoms with E-state index in [0.29, 0.717) is 18.6 Å². The summed E-state index contributed by atoms with van der Waals surface area (Å²) in [7, 11) is -1.51.